The van der Waals surface area contributed by atoms with Crippen LogP contribution in [0.1, 0.15) is 0 Å². The van der Waals surface area contributed by atoms with Crippen LogP contribution in [0.25, 0.3) is 71.6 Å². The molecule has 0 unspecified atom stereocenters. The van der Waals surface area contributed by atoms with Crippen molar-refractivity contribution in [3.8, 4) is 28.2 Å². The van der Waals surface area contributed by atoms with Crippen molar-refractivity contribution in [2.75, 3.05) is 0 Å². The summed E-state index contributed by atoms with van der Waals surface area (Å²) in [7, 11) is 0. The standard InChI is InChI=1S/C37H24N2/c1-2-14-29(15-3-1)39-35-20-9-8-19-34(35)38-37(39)28-13-10-12-26(23-28)33-24-27-22-21-25-11-4-5-16-30(25)36(27)32-18-7-6-17-31(32)33/h1-24H. The SMILES string of the molecule is c1ccc(-n2c(-c3cccc(-c4cc5ccc6ccccc6c5c5ccccc45)c3)nc3ccccc32)cc1. The number of para-hydroxylation sites is 3. The van der Waals surface area contributed by atoms with E-state index in [1.165, 1.54) is 43.4 Å². The lowest BCUT2D eigenvalue weighted by atomic mass is 9.90. The van der Waals surface area contributed by atoms with Crippen molar-refractivity contribution in [2.45, 2.75) is 0 Å². The lowest BCUT2D eigenvalue weighted by Crippen LogP contribution is -1.97. The van der Waals surface area contributed by atoms with Crippen LogP contribution in [0.3, 0.4) is 0 Å². The van der Waals surface area contributed by atoms with E-state index < -0.39 is 0 Å². The lowest BCUT2D eigenvalue weighted by Gasteiger charge is -2.14. The molecule has 7 aromatic carbocycles. The summed E-state index contributed by atoms with van der Waals surface area (Å²) in [5, 5.41) is 7.67. The second kappa shape index (κ2) is 8.68. The molecule has 2 nitrogen and oxygen atoms in total. The first-order chi connectivity index (χ1) is 19.3. The summed E-state index contributed by atoms with van der Waals surface area (Å²) in [5.41, 5.74) is 6.71. The highest BCUT2D eigenvalue weighted by Crippen LogP contribution is 2.39. The summed E-state index contributed by atoms with van der Waals surface area (Å²) in [4.78, 5) is 5.10. The first-order valence-electron chi connectivity index (χ1n) is 13.3. The number of benzene rings is 7. The van der Waals surface area contributed by atoms with Crippen molar-refractivity contribution in [3.63, 3.8) is 0 Å². The molecule has 0 aliphatic carbocycles. The Morgan fingerprint density at radius 3 is 2.05 bits per heavy atom. The molecule has 0 saturated carbocycles. The Hall–Kier alpha value is -5.21. The minimum atomic E-state index is 0.945. The molecule has 0 fully saturated rings. The van der Waals surface area contributed by atoms with Gasteiger partial charge in [0, 0.05) is 11.3 Å². The third-order valence-corrected chi connectivity index (χ3v) is 7.75. The molecule has 39 heavy (non-hydrogen) atoms. The van der Waals surface area contributed by atoms with Crippen LogP contribution in [0, 0.1) is 0 Å². The second-order valence-electron chi connectivity index (χ2n) is 10.0. The largest absolute Gasteiger partial charge is 0.292 e. The predicted molar refractivity (Wildman–Crippen MR) is 164 cm³/mol. The van der Waals surface area contributed by atoms with E-state index in [-0.39, 0.29) is 0 Å². The van der Waals surface area contributed by atoms with E-state index in [1.54, 1.807) is 0 Å². The van der Waals surface area contributed by atoms with Gasteiger partial charge in [-0.2, -0.15) is 0 Å². The van der Waals surface area contributed by atoms with Gasteiger partial charge in [0.2, 0.25) is 0 Å². The highest BCUT2D eigenvalue weighted by atomic mass is 15.1. The first kappa shape index (κ1) is 21.8. The molecule has 182 valence electrons. The normalized spacial score (nSPS) is 11.6. The average Bonchev–Trinajstić information content (AvgIpc) is 3.41. The number of hydrogen-bond donors (Lipinski definition) is 0. The Labute approximate surface area is 226 Å². The van der Waals surface area contributed by atoms with Crippen LogP contribution in [0.5, 0.6) is 0 Å². The van der Waals surface area contributed by atoms with E-state index >= 15 is 0 Å². The summed E-state index contributed by atoms with van der Waals surface area (Å²) >= 11 is 0. The number of fused-ring (bicyclic) bond motifs is 6. The van der Waals surface area contributed by atoms with Gasteiger partial charge >= 0.3 is 0 Å². The monoisotopic (exact) mass is 496 g/mol. The van der Waals surface area contributed by atoms with Gasteiger partial charge in [-0.05, 0) is 79.8 Å². The van der Waals surface area contributed by atoms with Gasteiger partial charge in [0.05, 0.1) is 11.0 Å². The minimum Gasteiger partial charge on any atom is -0.292 e. The molecule has 8 aromatic rings. The summed E-state index contributed by atoms with van der Waals surface area (Å²) in [6.45, 7) is 0. The van der Waals surface area contributed by atoms with E-state index in [2.05, 4.69) is 150 Å². The van der Waals surface area contributed by atoms with Crippen molar-refractivity contribution < 1.29 is 0 Å². The lowest BCUT2D eigenvalue weighted by molar-refractivity contribution is 1.10. The van der Waals surface area contributed by atoms with Gasteiger partial charge in [-0.25, -0.2) is 4.98 Å². The molecule has 0 atom stereocenters. The highest BCUT2D eigenvalue weighted by molar-refractivity contribution is 6.23. The Kier molecular flexibility index (Phi) is 4.86. The Bertz CT molecular complexity index is 2170. The smallest absolute Gasteiger partial charge is 0.145 e. The predicted octanol–water partition coefficient (Wildman–Crippen LogP) is 9.82. The van der Waals surface area contributed by atoms with Crippen LogP contribution in [-0.2, 0) is 0 Å². The first-order valence-corrected chi connectivity index (χ1v) is 13.3. The second-order valence-corrected chi connectivity index (χ2v) is 10.0. The molecule has 0 radical (unpaired) electrons. The van der Waals surface area contributed by atoms with Crippen LogP contribution in [0.4, 0.5) is 0 Å². The molecule has 0 spiro atoms. The summed E-state index contributed by atoms with van der Waals surface area (Å²) < 4.78 is 2.26. The van der Waals surface area contributed by atoms with Crippen molar-refractivity contribution in [3.05, 3.63) is 146 Å². The number of nitrogens with zero attached hydrogens (tertiary/aromatic N) is 2. The van der Waals surface area contributed by atoms with Crippen molar-refractivity contribution in [1.82, 2.24) is 9.55 Å². The molecular formula is C37H24N2. The van der Waals surface area contributed by atoms with Crippen molar-refractivity contribution >= 4 is 43.4 Å². The maximum atomic E-state index is 5.10. The average molecular weight is 497 g/mol. The van der Waals surface area contributed by atoms with Crippen LogP contribution < -0.4 is 0 Å². The number of hydrogen-bond acceptors (Lipinski definition) is 1. The van der Waals surface area contributed by atoms with Gasteiger partial charge in [-0.15, -0.1) is 0 Å². The molecule has 0 aliphatic rings. The third-order valence-electron chi connectivity index (χ3n) is 7.75. The molecule has 0 saturated heterocycles. The zero-order valence-corrected chi connectivity index (χ0v) is 21.3. The van der Waals surface area contributed by atoms with E-state index in [0.29, 0.717) is 0 Å². The summed E-state index contributed by atoms with van der Waals surface area (Å²) in [5.74, 6) is 0.945. The summed E-state index contributed by atoms with van der Waals surface area (Å²) in [6.07, 6.45) is 0. The van der Waals surface area contributed by atoms with Gasteiger partial charge in [-0.3, -0.25) is 4.57 Å². The minimum absolute atomic E-state index is 0.945. The maximum Gasteiger partial charge on any atom is 0.145 e. The van der Waals surface area contributed by atoms with E-state index in [4.69, 9.17) is 4.98 Å². The quantitative estimate of drug-likeness (QED) is 0.223. The van der Waals surface area contributed by atoms with Gasteiger partial charge in [0.1, 0.15) is 5.82 Å². The topological polar surface area (TPSA) is 17.8 Å². The van der Waals surface area contributed by atoms with Crippen LogP contribution in [0.2, 0.25) is 0 Å². The molecule has 0 N–H and O–H groups in total. The maximum absolute atomic E-state index is 5.10. The molecule has 1 heterocycles. The Morgan fingerprint density at radius 2 is 1.15 bits per heavy atom. The van der Waals surface area contributed by atoms with Crippen molar-refractivity contribution in [1.29, 1.82) is 0 Å². The zero-order valence-electron chi connectivity index (χ0n) is 21.3. The van der Waals surface area contributed by atoms with Crippen LogP contribution >= 0.6 is 0 Å². The molecule has 2 heteroatoms. The number of rotatable bonds is 3. The van der Waals surface area contributed by atoms with Gasteiger partial charge < -0.3 is 0 Å². The molecule has 1 aromatic heterocycles. The molecule has 0 bridgehead atoms. The third kappa shape index (κ3) is 3.46. The van der Waals surface area contributed by atoms with Crippen LogP contribution in [-0.4, -0.2) is 9.55 Å². The molecule has 0 amide bonds. The van der Waals surface area contributed by atoms with Crippen molar-refractivity contribution in [2.24, 2.45) is 0 Å². The molecular weight excluding hydrogens is 472 g/mol. The fraction of sp³-hybridized carbons (Fsp3) is 0. The van der Waals surface area contributed by atoms with Gasteiger partial charge in [0.15, 0.2) is 0 Å². The van der Waals surface area contributed by atoms with Crippen LogP contribution in [0.15, 0.2) is 146 Å². The molecule has 0 aliphatic heterocycles. The Balaban J connectivity index is 1.39. The number of imidazole rings is 1. The molecule has 8 rings (SSSR count). The van der Waals surface area contributed by atoms with Gasteiger partial charge in [0.25, 0.3) is 0 Å². The van der Waals surface area contributed by atoms with E-state index in [0.717, 1.165) is 28.1 Å². The van der Waals surface area contributed by atoms with E-state index in [1.807, 2.05) is 0 Å². The fourth-order valence-corrected chi connectivity index (χ4v) is 6.00. The fourth-order valence-electron chi connectivity index (χ4n) is 6.00. The summed E-state index contributed by atoms with van der Waals surface area (Å²) in [6, 6.07) is 52.0. The van der Waals surface area contributed by atoms with Gasteiger partial charge in [-0.1, -0.05) is 109 Å². The highest BCUT2D eigenvalue weighted by Gasteiger charge is 2.16. The van der Waals surface area contributed by atoms with E-state index in [9.17, 15) is 0 Å². The Morgan fingerprint density at radius 1 is 0.462 bits per heavy atom. The number of aromatic nitrogens is 2. The zero-order chi connectivity index (χ0) is 25.8.